The first-order chi connectivity index (χ1) is 13.2. The Morgan fingerprint density at radius 1 is 1.21 bits per heavy atom. The first-order valence-corrected chi connectivity index (χ1v) is 10.8. The molecule has 0 aromatic rings. The zero-order valence-electron chi connectivity index (χ0n) is 19.3. The number of likely N-dealkylation sites (tertiary alicyclic amines) is 1. The van der Waals surface area contributed by atoms with E-state index in [1.165, 1.54) is 0 Å². The van der Waals surface area contributed by atoms with E-state index in [1.54, 1.807) is 0 Å². The molecule has 172 valence electrons. The van der Waals surface area contributed by atoms with Gasteiger partial charge in [-0.3, -0.25) is 4.99 Å². The molecular formula is C21H43IN4O3. The number of ether oxygens (including phenoxy) is 2. The predicted molar refractivity (Wildman–Crippen MR) is 130 cm³/mol. The third kappa shape index (κ3) is 14.0. The molecule has 0 aromatic heterocycles. The number of carbonyl (C=O) groups is 1. The third-order valence-electron chi connectivity index (χ3n) is 4.33. The molecule has 0 radical (unpaired) electrons. The molecule has 0 bridgehead atoms. The number of amides is 1. The summed E-state index contributed by atoms with van der Waals surface area (Å²) in [5.74, 6) is 1.94. The maximum absolute atomic E-state index is 12.1. The van der Waals surface area contributed by atoms with Crippen LogP contribution in [-0.4, -0.2) is 68.5 Å². The first kappa shape index (κ1) is 28.2. The highest BCUT2D eigenvalue weighted by Gasteiger charge is 2.26. The van der Waals surface area contributed by atoms with Crippen molar-refractivity contribution >= 4 is 36.0 Å². The van der Waals surface area contributed by atoms with Crippen molar-refractivity contribution in [3.63, 3.8) is 0 Å². The summed E-state index contributed by atoms with van der Waals surface area (Å²) in [6.45, 7) is 17.6. The highest BCUT2D eigenvalue weighted by molar-refractivity contribution is 14.0. The van der Waals surface area contributed by atoms with Crippen LogP contribution in [0, 0.1) is 11.8 Å². The van der Waals surface area contributed by atoms with Gasteiger partial charge in [-0.1, -0.05) is 13.8 Å². The number of nitrogens with zero attached hydrogens (tertiary/aromatic N) is 2. The molecule has 0 saturated carbocycles. The lowest BCUT2D eigenvalue weighted by molar-refractivity contribution is 0.0187. The Morgan fingerprint density at radius 3 is 2.41 bits per heavy atom. The van der Waals surface area contributed by atoms with Gasteiger partial charge in [0, 0.05) is 45.9 Å². The Balaban J connectivity index is 0.00000784. The van der Waals surface area contributed by atoms with Crippen molar-refractivity contribution in [3.8, 4) is 0 Å². The van der Waals surface area contributed by atoms with Crippen LogP contribution in [0.3, 0.4) is 0 Å². The molecule has 1 aliphatic heterocycles. The number of halogens is 1. The van der Waals surface area contributed by atoms with Crippen molar-refractivity contribution in [2.75, 3.05) is 45.9 Å². The Kier molecular flexibility index (Phi) is 14.7. The molecule has 1 amide bonds. The van der Waals surface area contributed by atoms with Crippen LogP contribution in [0.5, 0.6) is 0 Å². The normalized spacial score (nSPS) is 15.8. The van der Waals surface area contributed by atoms with Crippen LogP contribution >= 0.6 is 24.0 Å². The second-order valence-corrected chi connectivity index (χ2v) is 8.88. The van der Waals surface area contributed by atoms with Crippen LogP contribution in [0.15, 0.2) is 4.99 Å². The minimum Gasteiger partial charge on any atom is -0.444 e. The molecular weight excluding hydrogens is 483 g/mol. The fourth-order valence-electron chi connectivity index (χ4n) is 2.89. The number of guanidine groups is 1. The van der Waals surface area contributed by atoms with Gasteiger partial charge in [-0.25, -0.2) is 4.79 Å². The summed E-state index contributed by atoms with van der Waals surface area (Å²) in [6.07, 6.45) is 2.69. The second kappa shape index (κ2) is 15.1. The molecule has 1 fully saturated rings. The number of nitrogens with one attached hydrogen (secondary N) is 2. The van der Waals surface area contributed by atoms with Crippen LogP contribution in [0.2, 0.25) is 0 Å². The van der Waals surface area contributed by atoms with E-state index in [4.69, 9.17) is 14.5 Å². The lowest BCUT2D eigenvalue weighted by Crippen LogP contribution is -2.42. The summed E-state index contributed by atoms with van der Waals surface area (Å²) in [7, 11) is 0. The molecule has 0 aliphatic carbocycles. The molecule has 0 spiro atoms. The van der Waals surface area contributed by atoms with Gasteiger partial charge in [-0.15, -0.1) is 24.0 Å². The van der Waals surface area contributed by atoms with Gasteiger partial charge in [0.1, 0.15) is 5.60 Å². The smallest absolute Gasteiger partial charge is 0.410 e. The standard InChI is InChI=1S/C21H42N4O3.HI/c1-7-22-19(23-11-8-14-27-16-17(2)3)24-15-18-9-12-25(13-10-18)20(26)28-21(4,5)6;/h17-18H,7-16H2,1-6H3,(H2,22,23,24);1H. The summed E-state index contributed by atoms with van der Waals surface area (Å²) in [5.41, 5.74) is -0.440. The number of hydrogen-bond acceptors (Lipinski definition) is 4. The predicted octanol–water partition coefficient (Wildman–Crippen LogP) is 3.87. The van der Waals surface area contributed by atoms with Crippen molar-refractivity contribution in [3.05, 3.63) is 0 Å². The van der Waals surface area contributed by atoms with Crippen molar-refractivity contribution < 1.29 is 14.3 Å². The molecule has 8 heteroatoms. The van der Waals surface area contributed by atoms with Gasteiger partial charge in [0.15, 0.2) is 5.96 Å². The van der Waals surface area contributed by atoms with Gasteiger partial charge in [0.25, 0.3) is 0 Å². The van der Waals surface area contributed by atoms with Crippen LogP contribution in [-0.2, 0) is 9.47 Å². The molecule has 0 aromatic carbocycles. The van der Waals surface area contributed by atoms with E-state index in [2.05, 4.69) is 31.4 Å². The summed E-state index contributed by atoms with van der Waals surface area (Å²) < 4.78 is 11.1. The van der Waals surface area contributed by atoms with Crippen molar-refractivity contribution in [1.82, 2.24) is 15.5 Å². The van der Waals surface area contributed by atoms with Gasteiger partial charge in [0.2, 0.25) is 0 Å². The van der Waals surface area contributed by atoms with E-state index in [9.17, 15) is 4.79 Å². The van der Waals surface area contributed by atoms with Crippen LogP contribution in [0.4, 0.5) is 4.79 Å². The van der Waals surface area contributed by atoms with E-state index in [-0.39, 0.29) is 30.1 Å². The molecule has 0 unspecified atom stereocenters. The van der Waals surface area contributed by atoms with Gasteiger partial charge >= 0.3 is 6.09 Å². The fraction of sp³-hybridized carbons (Fsp3) is 0.905. The van der Waals surface area contributed by atoms with E-state index >= 15 is 0 Å². The monoisotopic (exact) mass is 526 g/mol. The van der Waals surface area contributed by atoms with E-state index in [1.807, 2.05) is 25.7 Å². The first-order valence-electron chi connectivity index (χ1n) is 10.8. The average molecular weight is 527 g/mol. The zero-order chi connectivity index (χ0) is 21.0. The molecule has 1 aliphatic rings. The molecule has 1 rings (SSSR count). The van der Waals surface area contributed by atoms with Gasteiger partial charge < -0.3 is 25.0 Å². The quantitative estimate of drug-likeness (QED) is 0.207. The minimum atomic E-state index is -0.440. The fourth-order valence-corrected chi connectivity index (χ4v) is 2.89. The Morgan fingerprint density at radius 2 is 1.86 bits per heavy atom. The number of carbonyl (C=O) groups excluding carboxylic acids is 1. The maximum atomic E-state index is 12.1. The van der Waals surface area contributed by atoms with E-state index < -0.39 is 5.60 Å². The van der Waals surface area contributed by atoms with Crippen molar-refractivity contribution in [2.24, 2.45) is 16.8 Å². The SMILES string of the molecule is CCNC(=NCC1CCN(C(=O)OC(C)(C)C)CC1)NCCCOCC(C)C.I. The van der Waals surface area contributed by atoms with Crippen LogP contribution in [0.1, 0.15) is 60.8 Å². The topological polar surface area (TPSA) is 75.2 Å². The van der Waals surface area contributed by atoms with Crippen molar-refractivity contribution in [1.29, 1.82) is 0 Å². The molecule has 0 atom stereocenters. The van der Waals surface area contributed by atoms with Gasteiger partial charge in [0.05, 0.1) is 0 Å². The van der Waals surface area contributed by atoms with Gasteiger partial charge in [-0.05, 0) is 58.8 Å². The maximum Gasteiger partial charge on any atom is 0.410 e. The number of piperidine rings is 1. The summed E-state index contributed by atoms with van der Waals surface area (Å²) >= 11 is 0. The number of hydrogen-bond donors (Lipinski definition) is 2. The van der Waals surface area contributed by atoms with E-state index in [0.717, 1.165) is 71.2 Å². The molecule has 1 saturated heterocycles. The summed E-state index contributed by atoms with van der Waals surface area (Å²) in [6, 6.07) is 0. The molecule has 2 N–H and O–H groups in total. The number of rotatable bonds is 9. The molecule has 29 heavy (non-hydrogen) atoms. The lowest BCUT2D eigenvalue weighted by atomic mass is 9.97. The zero-order valence-corrected chi connectivity index (χ0v) is 21.6. The van der Waals surface area contributed by atoms with E-state index in [0.29, 0.717) is 11.8 Å². The summed E-state index contributed by atoms with van der Waals surface area (Å²) in [5, 5.41) is 6.67. The Bertz CT molecular complexity index is 473. The minimum absolute atomic E-state index is 0. The third-order valence-corrected chi connectivity index (χ3v) is 4.33. The molecule has 7 nitrogen and oxygen atoms in total. The van der Waals surface area contributed by atoms with Gasteiger partial charge in [-0.2, -0.15) is 0 Å². The average Bonchev–Trinajstić information content (AvgIpc) is 2.61. The lowest BCUT2D eigenvalue weighted by Gasteiger charge is -2.33. The second-order valence-electron chi connectivity index (χ2n) is 8.88. The largest absolute Gasteiger partial charge is 0.444 e. The molecule has 1 heterocycles. The Labute approximate surface area is 194 Å². The summed E-state index contributed by atoms with van der Waals surface area (Å²) in [4.78, 5) is 18.7. The highest BCUT2D eigenvalue weighted by atomic mass is 127. The van der Waals surface area contributed by atoms with Crippen LogP contribution < -0.4 is 10.6 Å². The van der Waals surface area contributed by atoms with Crippen molar-refractivity contribution in [2.45, 2.75) is 66.4 Å². The number of aliphatic imine (C=N–C) groups is 1. The van der Waals surface area contributed by atoms with Crippen LogP contribution in [0.25, 0.3) is 0 Å². The Hall–Kier alpha value is -0.770. The highest BCUT2D eigenvalue weighted by Crippen LogP contribution is 2.19.